The summed E-state index contributed by atoms with van der Waals surface area (Å²) in [5.74, 6) is 0.0213. The molecule has 0 bridgehead atoms. The molecule has 0 radical (unpaired) electrons. The van der Waals surface area contributed by atoms with Gasteiger partial charge in [-0.05, 0) is 47.6 Å². The Labute approximate surface area is 112 Å². The van der Waals surface area contributed by atoms with Crippen LogP contribution in [0.5, 0.6) is 0 Å². The number of nitrogens with one attached hydrogen (secondary N) is 1. The van der Waals surface area contributed by atoms with Gasteiger partial charge in [0.25, 0.3) is 0 Å². The first-order valence-electron chi connectivity index (χ1n) is 6.81. The zero-order chi connectivity index (χ0) is 14.6. The summed E-state index contributed by atoms with van der Waals surface area (Å²) in [6, 6.07) is -0.229. The Balaban J connectivity index is 4.60. The Kier molecular flexibility index (Phi) is 6.30. The topological polar surface area (TPSA) is 52.6 Å². The maximum absolute atomic E-state index is 12.2. The second-order valence-electron chi connectivity index (χ2n) is 6.28. The quantitative estimate of drug-likeness (QED) is 0.732. The summed E-state index contributed by atoms with van der Waals surface area (Å²) in [6.07, 6.45) is 0.892. The molecule has 0 heterocycles. The smallest absolute Gasteiger partial charge is 0.237 e. The summed E-state index contributed by atoms with van der Waals surface area (Å²) in [4.78, 5) is 14.2. The van der Waals surface area contributed by atoms with Gasteiger partial charge in [-0.3, -0.25) is 9.69 Å². The lowest BCUT2D eigenvalue weighted by molar-refractivity contribution is -0.128. The molecular formula is C14H30N2O2. The third-order valence-electron chi connectivity index (χ3n) is 3.27. The highest BCUT2D eigenvalue weighted by Crippen LogP contribution is 2.11. The molecule has 18 heavy (non-hydrogen) atoms. The molecule has 0 rings (SSSR count). The van der Waals surface area contributed by atoms with Gasteiger partial charge in [-0.1, -0.05) is 13.8 Å². The van der Waals surface area contributed by atoms with Gasteiger partial charge in [0.15, 0.2) is 0 Å². The van der Waals surface area contributed by atoms with Crippen molar-refractivity contribution in [1.82, 2.24) is 10.2 Å². The zero-order valence-electron chi connectivity index (χ0n) is 13.0. The van der Waals surface area contributed by atoms with Crippen LogP contribution in [0.15, 0.2) is 0 Å². The number of hydrogen-bond donors (Lipinski definition) is 2. The number of nitrogens with zero attached hydrogens (tertiary/aromatic N) is 1. The summed E-state index contributed by atoms with van der Waals surface area (Å²) in [6.45, 7) is 14.7. The van der Waals surface area contributed by atoms with E-state index in [0.29, 0.717) is 6.54 Å². The van der Waals surface area contributed by atoms with Crippen LogP contribution in [0.1, 0.15) is 54.9 Å². The Morgan fingerprint density at radius 2 is 1.78 bits per heavy atom. The van der Waals surface area contributed by atoms with Crippen LogP contribution in [-0.4, -0.2) is 46.2 Å². The van der Waals surface area contributed by atoms with E-state index in [-0.39, 0.29) is 17.5 Å². The van der Waals surface area contributed by atoms with Crippen molar-refractivity contribution >= 4 is 5.91 Å². The first kappa shape index (κ1) is 17.4. The molecule has 4 nitrogen and oxygen atoms in total. The number of likely N-dealkylation sites (N-methyl/N-ethyl adjacent to an activating group) is 1. The number of carbonyl (C=O) groups is 1. The molecule has 2 N–H and O–H groups in total. The molecule has 1 amide bonds. The van der Waals surface area contributed by atoms with Gasteiger partial charge in [0.1, 0.15) is 0 Å². The number of hydrogen-bond acceptors (Lipinski definition) is 3. The van der Waals surface area contributed by atoms with E-state index >= 15 is 0 Å². The molecule has 0 fully saturated rings. The monoisotopic (exact) mass is 258 g/mol. The van der Waals surface area contributed by atoms with E-state index in [1.807, 2.05) is 32.6 Å². The van der Waals surface area contributed by atoms with E-state index in [1.165, 1.54) is 0 Å². The fourth-order valence-corrected chi connectivity index (χ4v) is 1.71. The predicted octanol–water partition coefficient (Wildman–Crippen LogP) is 1.77. The maximum Gasteiger partial charge on any atom is 0.237 e. The number of carbonyl (C=O) groups excluding carboxylic acids is 1. The van der Waals surface area contributed by atoms with Crippen molar-refractivity contribution in [2.24, 2.45) is 0 Å². The lowest BCUT2D eigenvalue weighted by atomic mass is 10.0. The van der Waals surface area contributed by atoms with Crippen LogP contribution in [0.3, 0.4) is 0 Å². The van der Waals surface area contributed by atoms with Gasteiger partial charge in [-0.15, -0.1) is 0 Å². The lowest BCUT2D eigenvalue weighted by Gasteiger charge is -2.34. The van der Waals surface area contributed by atoms with E-state index in [0.717, 1.165) is 13.0 Å². The molecule has 0 spiro atoms. The highest BCUT2D eigenvalue weighted by atomic mass is 16.3. The third-order valence-corrected chi connectivity index (χ3v) is 3.27. The molecule has 1 unspecified atom stereocenters. The van der Waals surface area contributed by atoms with Crippen LogP contribution in [0.2, 0.25) is 0 Å². The van der Waals surface area contributed by atoms with Crippen LogP contribution in [0.4, 0.5) is 0 Å². The fraction of sp³-hybridized carbons (Fsp3) is 0.929. The highest BCUT2D eigenvalue weighted by molar-refractivity contribution is 5.82. The molecule has 1 atom stereocenters. The fourth-order valence-electron chi connectivity index (χ4n) is 1.71. The second-order valence-corrected chi connectivity index (χ2v) is 6.28. The van der Waals surface area contributed by atoms with Gasteiger partial charge in [0.2, 0.25) is 5.91 Å². The van der Waals surface area contributed by atoms with Crippen molar-refractivity contribution in [2.45, 2.75) is 72.1 Å². The van der Waals surface area contributed by atoms with Gasteiger partial charge in [-0.2, -0.15) is 0 Å². The van der Waals surface area contributed by atoms with Crippen molar-refractivity contribution in [1.29, 1.82) is 0 Å². The largest absolute Gasteiger partial charge is 0.389 e. The van der Waals surface area contributed by atoms with Crippen molar-refractivity contribution in [3.05, 3.63) is 0 Å². The minimum atomic E-state index is -0.787. The summed E-state index contributed by atoms with van der Waals surface area (Å²) < 4.78 is 0. The normalized spacial score (nSPS) is 14.7. The van der Waals surface area contributed by atoms with Gasteiger partial charge in [-0.25, -0.2) is 0 Å². The first-order chi connectivity index (χ1) is 8.02. The molecule has 0 aliphatic heterocycles. The minimum Gasteiger partial charge on any atom is -0.389 e. The third kappa shape index (κ3) is 6.36. The Morgan fingerprint density at radius 1 is 1.28 bits per heavy atom. The van der Waals surface area contributed by atoms with Crippen LogP contribution < -0.4 is 5.32 Å². The molecule has 0 saturated carbocycles. The van der Waals surface area contributed by atoms with Crippen molar-refractivity contribution in [2.75, 3.05) is 13.1 Å². The highest BCUT2D eigenvalue weighted by Gasteiger charge is 2.28. The average molecular weight is 258 g/mol. The lowest BCUT2D eigenvalue weighted by Crippen LogP contribution is -2.54. The first-order valence-corrected chi connectivity index (χ1v) is 6.81. The Hall–Kier alpha value is -0.610. The molecule has 4 heteroatoms. The van der Waals surface area contributed by atoms with E-state index in [2.05, 4.69) is 12.2 Å². The van der Waals surface area contributed by atoms with Gasteiger partial charge in [0.05, 0.1) is 11.6 Å². The van der Waals surface area contributed by atoms with Gasteiger partial charge >= 0.3 is 0 Å². The summed E-state index contributed by atoms with van der Waals surface area (Å²) >= 11 is 0. The predicted molar refractivity (Wildman–Crippen MR) is 75.5 cm³/mol. The SMILES string of the molecule is CCN(CC(C)(C)O)C(C)C(=O)NC(C)(C)CC. The molecule has 0 aromatic heterocycles. The summed E-state index contributed by atoms with van der Waals surface area (Å²) in [5, 5.41) is 12.9. The molecule has 0 aliphatic carbocycles. The van der Waals surface area contributed by atoms with Crippen LogP contribution in [0.25, 0.3) is 0 Å². The van der Waals surface area contributed by atoms with E-state index < -0.39 is 5.60 Å². The molecule has 0 saturated heterocycles. The Bertz CT molecular complexity index is 269. The van der Waals surface area contributed by atoms with Crippen LogP contribution in [-0.2, 0) is 4.79 Å². The van der Waals surface area contributed by atoms with Crippen molar-refractivity contribution < 1.29 is 9.90 Å². The zero-order valence-corrected chi connectivity index (χ0v) is 13.0. The van der Waals surface area contributed by atoms with Crippen molar-refractivity contribution in [3.8, 4) is 0 Å². The maximum atomic E-state index is 12.2. The average Bonchev–Trinajstić information content (AvgIpc) is 2.23. The number of rotatable bonds is 7. The molecule has 0 aliphatic rings. The van der Waals surface area contributed by atoms with E-state index in [4.69, 9.17) is 0 Å². The van der Waals surface area contributed by atoms with Gasteiger partial charge in [0, 0.05) is 12.1 Å². The molecule has 0 aromatic rings. The second kappa shape index (κ2) is 6.53. The standard InChI is InChI=1S/C14H30N2O2/c1-8-13(4,5)15-12(17)11(3)16(9-2)10-14(6,7)18/h11,18H,8-10H2,1-7H3,(H,15,17). The van der Waals surface area contributed by atoms with Crippen LogP contribution >= 0.6 is 0 Å². The minimum absolute atomic E-state index is 0.0213. The number of aliphatic hydroxyl groups is 1. The van der Waals surface area contributed by atoms with Crippen LogP contribution in [0, 0.1) is 0 Å². The van der Waals surface area contributed by atoms with E-state index in [1.54, 1.807) is 13.8 Å². The summed E-state index contributed by atoms with van der Waals surface area (Å²) in [5.41, 5.74) is -0.968. The number of amides is 1. The van der Waals surface area contributed by atoms with E-state index in [9.17, 15) is 9.90 Å². The van der Waals surface area contributed by atoms with Gasteiger partial charge < -0.3 is 10.4 Å². The van der Waals surface area contributed by atoms with Crippen molar-refractivity contribution in [3.63, 3.8) is 0 Å². The summed E-state index contributed by atoms with van der Waals surface area (Å²) in [7, 11) is 0. The molecule has 0 aromatic carbocycles. The molecular weight excluding hydrogens is 228 g/mol. The molecule has 108 valence electrons. The Morgan fingerprint density at radius 3 is 2.11 bits per heavy atom.